The summed E-state index contributed by atoms with van der Waals surface area (Å²) >= 11 is 0. The number of hydrogen-bond donors (Lipinski definition) is 3. The Hall–Kier alpha value is -2.69. The lowest BCUT2D eigenvalue weighted by Crippen LogP contribution is -2.04. The van der Waals surface area contributed by atoms with Crippen LogP contribution in [0.15, 0.2) is 42.5 Å². The van der Waals surface area contributed by atoms with Gasteiger partial charge in [-0.2, -0.15) is 0 Å². The highest BCUT2D eigenvalue weighted by atomic mass is 16.5. The third kappa shape index (κ3) is 3.91. The Labute approximate surface area is 128 Å². The van der Waals surface area contributed by atoms with Crippen LogP contribution in [0.25, 0.3) is 0 Å². The van der Waals surface area contributed by atoms with Gasteiger partial charge in [-0.25, -0.2) is 4.79 Å². The van der Waals surface area contributed by atoms with Gasteiger partial charge in [0.2, 0.25) is 0 Å². The SMILES string of the molecule is O=C(O)c1ccc(O)c(O)c1CCCCOc1ccccc1. The molecular weight excluding hydrogens is 284 g/mol. The third-order valence-corrected chi connectivity index (χ3v) is 3.32. The fourth-order valence-corrected chi connectivity index (χ4v) is 2.19. The molecule has 2 rings (SSSR count). The zero-order valence-corrected chi connectivity index (χ0v) is 12.0. The molecule has 0 fully saturated rings. The summed E-state index contributed by atoms with van der Waals surface area (Å²) < 4.78 is 5.55. The van der Waals surface area contributed by atoms with Crippen molar-refractivity contribution in [3.63, 3.8) is 0 Å². The monoisotopic (exact) mass is 302 g/mol. The van der Waals surface area contributed by atoms with E-state index in [1.807, 2.05) is 30.3 Å². The molecule has 0 aliphatic carbocycles. The average molecular weight is 302 g/mol. The van der Waals surface area contributed by atoms with E-state index in [2.05, 4.69) is 0 Å². The van der Waals surface area contributed by atoms with Crippen molar-refractivity contribution in [2.45, 2.75) is 19.3 Å². The Kier molecular flexibility index (Phi) is 5.25. The summed E-state index contributed by atoms with van der Waals surface area (Å²) in [5.41, 5.74) is 0.270. The smallest absolute Gasteiger partial charge is 0.336 e. The number of phenolic OH excluding ortho intramolecular Hbond substituents is 2. The maximum absolute atomic E-state index is 11.1. The number of carboxylic acid groups (broad SMARTS) is 1. The van der Waals surface area contributed by atoms with Crippen LogP contribution in [0.2, 0.25) is 0 Å². The average Bonchev–Trinajstić information content (AvgIpc) is 2.51. The molecule has 22 heavy (non-hydrogen) atoms. The molecule has 0 unspecified atom stereocenters. The van der Waals surface area contributed by atoms with Crippen LogP contribution in [0, 0.1) is 0 Å². The Bertz CT molecular complexity index is 637. The first-order valence-corrected chi connectivity index (χ1v) is 7.04. The number of unbranched alkanes of at least 4 members (excludes halogenated alkanes) is 1. The zero-order chi connectivity index (χ0) is 15.9. The first-order valence-electron chi connectivity index (χ1n) is 7.04. The molecule has 2 aromatic carbocycles. The van der Waals surface area contributed by atoms with Gasteiger partial charge >= 0.3 is 5.97 Å². The van der Waals surface area contributed by atoms with E-state index in [-0.39, 0.29) is 22.6 Å². The molecule has 0 atom stereocenters. The predicted octanol–water partition coefficient (Wildman–Crippen LogP) is 3.20. The lowest BCUT2D eigenvalue weighted by molar-refractivity contribution is 0.0695. The minimum absolute atomic E-state index is 0.0132. The molecule has 0 aromatic heterocycles. The van der Waals surface area contributed by atoms with Gasteiger partial charge in [-0.1, -0.05) is 18.2 Å². The van der Waals surface area contributed by atoms with E-state index in [1.54, 1.807) is 0 Å². The van der Waals surface area contributed by atoms with Crippen molar-refractivity contribution < 1.29 is 24.9 Å². The van der Waals surface area contributed by atoms with E-state index in [0.717, 1.165) is 5.75 Å². The molecule has 0 spiro atoms. The second-order valence-corrected chi connectivity index (χ2v) is 4.88. The lowest BCUT2D eigenvalue weighted by Gasteiger charge is -2.10. The summed E-state index contributed by atoms with van der Waals surface area (Å²) in [6.45, 7) is 0.506. The summed E-state index contributed by atoms with van der Waals surface area (Å²) in [5.74, 6) is -0.996. The Morgan fingerprint density at radius 2 is 1.73 bits per heavy atom. The Balaban J connectivity index is 1.89. The van der Waals surface area contributed by atoms with Gasteiger partial charge in [0.1, 0.15) is 5.75 Å². The number of ether oxygens (including phenoxy) is 1. The topological polar surface area (TPSA) is 87.0 Å². The maximum Gasteiger partial charge on any atom is 0.336 e. The minimum Gasteiger partial charge on any atom is -0.504 e. The number of aromatic carboxylic acids is 1. The number of para-hydroxylation sites is 1. The second kappa shape index (κ2) is 7.36. The molecular formula is C17H18O5. The minimum atomic E-state index is -1.12. The van der Waals surface area contributed by atoms with Gasteiger partial charge in [0.15, 0.2) is 11.5 Å². The van der Waals surface area contributed by atoms with Crippen molar-refractivity contribution in [2.75, 3.05) is 6.61 Å². The normalized spacial score (nSPS) is 10.4. The van der Waals surface area contributed by atoms with Gasteiger partial charge in [-0.3, -0.25) is 0 Å². The van der Waals surface area contributed by atoms with E-state index in [1.165, 1.54) is 12.1 Å². The molecule has 0 aliphatic rings. The van der Waals surface area contributed by atoms with Crippen LogP contribution < -0.4 is 4.74 Å². The maximum atomic E-state index is 11.1. The molecule has 0 aliphatic heterocycles. The van der Waals surface area contributed by atoms with Gasteiger partial charge in [0.25, 0.3) is 0 Å². The molecule has 3 N–H and O–H groups in total. The third-order valence-electron chi connectivity index (χ3n) is 3.32. The summed E-state index contributed by atoms with van der Waals surface area (Å²) in [5, 5.41) is 28.4. The number of benzene rings is 2. The van der Waals surface area contributed by atoms with Gasteiger partial charge < -0.3 is 20.1 Å². The number of hydrogen-bond acceptors (Lipinski definition) is 4. The van der Waals surface area contributed by atoms with Crippen LogP contribution in [-0.4, -0.2) is 27.9 Å². The zero-order valence-electron chi connectivity index (χ0n) is 12.0. The van der Waals surface area contributed by atoms with Crippen molar-refractivity contribution in [3.05, 3.63) is 53.6 Å². The Morgan fingerprint density at radius 3 is 2.41 bits per heavy atom. The predicted molar refractivity (Wildman–Crippen MR) is 81.6 cm³/mol. The van der Waals surface area contributed by atoms with Crippen molar-refractivity contribution in [1.29, 1.82) is 0 Å². The highest BCUT2D eigenvalue weighted by Crippen LogP contribution is 2.32. The van der Waals surface area contributed by atoms with Crippen molar-refractivity contribution in [2.24, 2.45) is 0 Å². The molecule has 0 heterocycles. The van der Waals surface area contributed by atoms with Gasteiger partial charge in [-0.15, -0.1) is 0 Å². The summed E-state index contributed by atoms with van der Waals surface area (Å²) in [7, 11) is 0. The van der Waals surface area contributed by atoms with Gasteiger partial charge in [0.05, 0.1) is 12.2 Å². The fourth-order valence-electron chi connectivity index (χ4n) is 2.19. The van der Waals surface area contributed by atoms with E-state index >= 15 is 0 Å². The quantitative estimate of drug-likeness (QED) is 0.540. The van der Waals surface area contributed by atoms with Crippen molar-refractivity contribution in [1.82, 2.24) is 0 Å². The molecule has 116 valence electrons. The Morgan fingerprint density at radius 1 is 1.00 bits per heavy atom. The molecule has 0 bridgehead atoms. The molecule has 0 radical (unpaired) electrons. The van der Waals surface area contributed by atoms with Crippen LogP contribution in [0.5, 0.6) is 17.2 Å². The number of aromatic hydroxyl groups is 2. The van der Waals surface area contributed by atoms with Crippen LogP contribution in [-0.2, 0) is 6.42 Å². The van der Waals surface area contributed by atoms with Gasteiger partial charge in [0, 0.05) is 5.56 Å². The molecule has 5 nitrogen and oxygen atoms in total. The second-order valence-electron chi connectivity index (χ2n) is 4.88. The molecule has 5 heteroatoms. The van der Waals surface area contributed by atoms with Gasteiger partial charge in [-0.05, 0) is 43.5 Å². The lowest BCUT2D eigenvalue weighted by atomic mass is 10.00. The number of phenols is 2. The van der Waals surface area contributed by atoms with E-state index in [0.29, 0.717) is 25.9 Å². The van der Waals surface area contributed by atoms with E-state index < -0.39 is 5.97 Å². The number of carbonyl (C=O) groups is 1. The fraction of sp³-hybridized carbons (Fsp3) is 0.235. The van der Waals surface area contributed by atoms with E-state index in [9.17, 15) is 15.0 Å². The van der Waals surface area contributed by atoms with Crippen LogP contribution in [0.4, 0.5) is 0 Å². The number of rotatable bonds is 7. The highest BCUT2D eigenvalue weighted by Gasteiger charge is 2.16. The van der Waals surface area contributed by atoms with Crippen molar-refractivity contribution in [3.8, 4) is 17.2 Å². The first-order chi connectivity index (χ1) is 10.6. The molecule has 0 saturated heterocycles. The van der Waals surface area contributed by atoms with Crippen LogP contribution in [0.1, 0.15) is 28.8 Å². The van der Waals surface area contributed by atoms with Crippen LogP contribution in [0.3, 0.4) is 0 Å². The molecule has 0 saturated carbocycles. The first kappa shape index (κ1) is 15.7. The summed E-state index contributed by atoms with van der Waals surface area (Å²) in [4.78, 5) is 11.1. The number of carboxylic acids is 1. The van der Waals surface area contributed by atoms with Crippen LogP contribution >= 0.6 is 0 Å². The summed E-state index contributed by atoms with van der Waals surface area (Å²) in [6.07, 6.45) is 1.72. The molecule has 2 aromatic rings. The van der Waals surface area contributed by atoms with Crippen molar-refractivity contribution >= 4 is 5.97 Å². The summed E-state index contributed by atoms with van der Waals surface area (Å²) in [6, 6.07) is 11.9. The van der Waals surface area contributed by atoms with E-state index in [4.69, 9.17) is 9.84 Å². The largest absolute Gasteiger partial charge is 0.504 e. The standard InChI is InChI=1S/C17H18O5/c18-15-10-9-14(17(20)21)13(16(15)19)8-4-5-11-22-12-6-2-1-3-7-12/h1-3,6-7,9-10,18-19H,4-5,8,11H2,(H,20,21). The highest BCUT2D eigenvalue weighted by molar-refractivity contribution is 5.90. The molecule has 0 amide bonds.